The van der Waals surface area contributed by atoms with Gasteiger partial charge >= 0.3 is 6.18 Å². The van der Waals surface area contributed by atoms with Gasteiger partial charge in [-0.3, -0.25) is 0 Å². The second kappa shape index (κ2) is 5.05. The van der Waals surface area contributed by atoms with Crippen LogP contribution in [0.15, 0.2) is 6.20 Å². The van der Waals surface area contributed by atoms with Crippen LogP contribution in [0.1, 0.15) is 17.4 Å². The average molecular weight is 264 g/mol. The number of H-pyrrole nitrogens is 1. The van der Waals surface area contributed by atoms with Crippen molar-refractivity contribution in [3.63, 3.8) is 0 Å². The van der Waals surface area contributed by atoms with Gasteiger partial charge in [0.15, 0.2) is 0 Å². The summed E-state index contributed by atoms with van der Waals surface area (Å²) in [6, 6.07) is 0. The molecule has 0 saturated carbocycles. The Morgan fingerprint density at radius 2 is 1.87 bits per heavy atom. The van der Waals surface area contributed by atoms with Crippen LogP contribution in [0.3, 0.4) is 0 Å². The highest BCUT2D eigenvalue weighted by atomic mass is 35.5. The van der Waals surface area contributed by atoms with Gasteiger partial charge in [-0.15, -0.1) is 24.8 Å². The summed E-state index contributed by atoms with van der Waals surface area (Å²) in [7, 11) is 0. The molecule has 15 heavy (non-hydrogen) atoms. The maximum atomic E-state index is 12.1. The summed E-state index contributed by atoms with van der Waals surface area (Å²) < 4.78 is 36.3. The van der Waals surface area contributed by atoms with Crippen molar-refractivity contribution >= 4 is 24.8 Å². The van der Waals surface area contributed by atoms with E-state index in [9.17, 15) is 13.2 Å². The van der Waals surface area contributed by atoms with Gasteiger partial charge in [0.2, 0.25) is 0 Å². The van der Waals surface area contributed by atoms with Gasteiger partial charge in [-0.25, -0.2) is 4.98 Å². The molecule has 0 aromatic carbocycles. The third kappa shape index (κ3) is 2.99. The van der Waals surface area contributed by atoms with Crippen LogP contribution < -0.4 is 5.32 Å². The molecule has 88 valence electrons. The van der Waals surface area contributed by atoms with Crippen LogP contribution in [0.2, 0.25) is 0 Å². The Bertz CT molecular complexity index is 309. The van der Waals surface area contributed by atoms with Crippen LogP contribution in [-0.2, 0) is 6.18 Å². The van der Waals surface area contributed by atoms with Gasteiger partial charge in [-0.1, -0.05) is 0 Å². The van der Waals surface area contributed by atoms with E-state index in [0.717, 1.165) is 6.20 Å². The average Bonchev–Trinajstić information content (AvgIpc) is 2.29. The molecule has 1 saturated heterocycles. The second-order valence-corrected chi connectivity index (χ2v) is 3.04. The number of nitrogens with one attached hydrogen (secondary N) is 2. The molecule has 1 fully saturated rings. The van der Waals surface area contributed by atoms with Crippen LogP contribution in [0.5, 0.6) is 0 Å². The Kier molecular flexibility index (Phi) is 4.89. The fourth-order valence-electron chi connectivity index (χ4n) is 1.17. The van der Waals surface area contributed by atoms with Crippen molar-refractivity contribution < 1.29 is 13.2 Å². The molecule has 0 amide bonds. The van der Waals surface area contributed by atoms with Crippen LogP contribution in [0.25, 0.3) is 0 Å². The lowest BCUT2D eigenvalue weighted by Crippen LogP contribution is -2.40. The number of halogens is 5. The van der Waals surface area contributed by atoms with E-state index in [1.165, 1.54) is 0 Å². The lowest BCUT2D eigenvalue weighted by atomic mass is 10.0. The molecule has 3 nitrogen and oxygen atoms in total. The van der Waals surface area contributed by atoms with Crippen LogP contribution in [0.4, 0.5) is 13.2 Å². The molecule has 0 spiro atoms. The largest absolute Gasteiger partial charge is 0.432 e. The number of alkyl halides is 3. The van der Waals surface area contributed by atoms with Crippen molar-refractivity contribution in [1.82, 2.24) is 15.3 Å². The maximum absolute atomic E-state index is 12.1. The zero-order valence-electron chi connectivity index (χ0n) is 7.47. The van der Waals surface area contributed by atoms with Crippen LogP contribution in [0, 0.1) is 0 Å². The molecular formula is C7H10Cl2F3N3. The Morgan fingerprint density at radius 1 is 1.27 bits per heavy atom. The minimum Gasteiger partial charge on any atom is -0.338 e. The summed E-state index contributed by atoms with van der Waals surface area (Å²) in [4.78, 5) is 5.97. The molecule has 2 N–H and O–H groups in total. The quantitative estimate of drug-likeness (QED) is 0.814. The lowest BCUT2D eigenvalue weighted by Gasteiger charge is -2.24. The highest BCUT2D eigenvalue weighted by Crippen LogP contribution is 2.28. The van der Waals surface area contributed by atoms with Crippen molar-refractivity contribution in [2.24, 2.45) is 0 Å². The minimum absolute atomic E-state index is 0. The van der Waals surface area contributed by atoms with Gasteiger partial charge in [0, 0.05) is 19.0 Å². The molecule has 1 aliphatic rings. The van der Waals surface area contributed by atoms with Gasteiger partial charge in [-0.05, 0) is 0 Å². The van der Waals surface area contributed by atoms with Crippen LogP contribution in [-0.4, -0.2) is 23.1 Å². The van der Waals surface area contributed by atoms with Crippen LogP contribution >= 0.6 is 24.8 Å². The molecular weight excluding hydrogens is 254 g/mol. The van der Waals surface area contributed by atoms with E-state index in [4.69, 9.17) is 0 Å². The molecule has 1 aromatic rings. The monoisotopic (exact) mass is 263 g/mol. The topological polar surface area (TPSA) is 40.7 Å². The summed E-state index contributed by atoms with van der Waals surface area (Å²) in [5.41, 5.74) is -0.769. The van der Waals surface area contributed by atoms with Crippen molar-refractivity contribution in [2.45, 2.75) is 12.1 Å². The molecule has 1 aromatic heterocycles. The Balaban J connectivity index is 0.000000980. The molecule has 0 radical (unpaired) electrons. The number of rotatable bonds is 1. The first-order valence-corrected chi connectivity index (χ1v) is 3.90. The third-order valence-corrected chi connectivity index (χ3v) is 2.07. The highest BCUT2D eigenvalue weighted by molar-refractivity contribution is 5.85. The fraction of sp³-hybridized carbons (Fsp3) is 0.571. The lowest BCUT2D eigenvalue weighted by molar-refractivity contribution is -0.141. The van der Waals surface area contributed by atoms with Gasteiger partial charge in [0.25, 0.3) is 0 Å². The van der Waals surface area contributed by atoms with Crippen molar-refractivity contribution in [3.8, 4) is 0 Å². The van der Waals surface area contributed by atoms with E-state index in [0.29, 0.717) is 18.9 Å². The Hall–Kier alpha value is -0.460. The predicted octanol–water partition coefficient (Wildman–Crippen LogP) is 1.96. The molecule has 0 aliphatic carbocycles. The third-order valence-electron chi connectivity index (χ3n) is 2.07. The number of nitrogens with zero attached hydrogens (tertiary/aromatic N) is 1. The number of aromatic amines is 1. The van der Waals surface area contributed by atoms with E-state index in [-0.39, 0.29) is 30.7 Å². The molecule has 8 heteroatoms. The van der Waals surface area contributed by atoms with E-state index >= 15 is 0 Å². The SMILES string of the molecule is Cl.Cl.FC(F)(F)c1cnc(C2CNC2)[nH]1. The first-order chi connectivity index (χ1) is 6.07. The van der Waals surface area contributed by atoms with Gasteiger partial charge in [0.05, 0.1) is 6.20 Å². The summed E-state index contributed by atoms with van der Waals surface area (Å²) in [5, 5.41) is 2.97. The summed E-state index contributed by atoms with van der Waals surface area (Å²) in [5.74, 6) is 0.530. The van der Waals surface area contributed by atoms with Gasteiger partial charge in [-0.2, -0.15) is 13.2 Å². The number of hydrogen-bond acceptors (Lipinski definition) is 2. The maximum Gasteiger partial charge on any atom is 0.432 e. The number of imidazole rings is 1. The number of hydrogen-bond donors (Lipinski definition) is 2. The van der Waals surface area contributed by atoms with Crippen molar-refractivity contribution in [2.75, 3.05) is 13.1 Å². The first kappa shape index (κ1) is 14.5. The Labute approximate surface area is 96.7 Å². The second-order valence-electron chi connectivity index (χ2n) is 3.04. The Morgan fingerprint density at radius 3 is 2.20 bits per heavy atom. The van der Waals surface area contributed by atoms with E-state index in [1.807, 2.05) is 0 Å². The van der Waals surface area contributed by atoms with Crippen molar-refractivity contribution in [3.05, 3.63) is 17.7 Å². The summed E-state index contributed by atoms with van der Waals surface area (Å²) in [6.45, 7) is 1.40. The molecule has 2 heterocycles. The predicted molar refractivity (Wildman–Crippen MR) is 53.7 cm³/mol. The van der Waals surface area contributed by atoms with Crippen molar-refractivity contribution in [1.29, 1.82) is 0 Å². The summed E-state index contributed by atoms with van der Waals surface area (Å²) >= 11 is 0. The zero-order chi connectivity index (χ0) is 9.47. The van der Waals surface area contributed by atoms with E-state index < -0.39 is 11.9 Å². The fourth-order valence-corrected chi connectivity index (χ4v) is 1.17. The van der Waals surface area contributed by atoms with Gasteiger partial charge in [0.1, 0.15) is 11.5 Å². The first-order valence-electron chi connectivity index (χ1n) is 3.90. The normalized spacial score (nSPS) is 16.2. The zero-order valence-corrected chi connectivity index (χ0v) is 9.10. The highest BCUT2D eigenvalue weighted by Gasteiger charge is 2.34. The molecule has 0 bridgehead atoms. The van der Waals surface area contributed by atoms with Gasteiger partial charge < -0.3 is 10.3 Å². The smallest absolute Gasteiger partial charge is 0.338 e. The molecule has 2 rings (SSSR count). The van der Waals surface area contributed by atoms with E-state index in [1.54, 1.807) is 0 Å². The molecule has 1 aliphatic heterocycles. The molecule has 0 atom stereocenters. The summed E-state index contributed by atoms with van der Waals surface area (Å²) in [6.07, 6.45) is -3.48. The number of aromatic nitrogens is 2. The standard InChI is InChI=1S/C7H8F3N3.2ClH/c8-7(9,10)5-3-12-6(13-5)4-1-11-2-4;;/h3-4,11H,1-2H2,(H,12,13);2*1H. The molecule has 0 unspecified atom stereocenters. The van der Waals surface area contributed by atoms with E-state index in [2.05, 4.69) is 15.3 Å². The minimum atomic E-state index is -4.32.